The Kier molecular flexibility index (Phi) is 4.56. The van der Waals surface area contributed by atoms with Gasteiger partial charge in [0.05, 0.1) is 12.2 Å². The Bertz CT molecular complexity index is 483. The minimum atomic E-state index is -0.0811. The molecule has 1 aromatic rings. The molecule has 0 spiro atoms. The van der Waals surface area contributed by atoms with E-state index < -0.39 is 0 Å². The van der Waals surface area contributed by atoms with E-state index in [4.69, 9.17) is 10.5 Å². The van der Waals surface area contributed by atoms with E-state index in [9.17, 15) is 9.90 Å². The Balaban J connectivity index is 2.41. The summed E-state index contributed by atoms with van der Waals surface area (Å²) in [6.45, 7) is 0.646. The van der Waals surface area contributed by atoms with Crippen LogP contribution in [0, 0.1) is 0 Å². The van der Waals surface area contributed by atoms with Gasteiger partial charge in [-0.1, -0.05) is 0 Å². The number of phenolic OH excluding ortho intramolecular Hbond substituents is 1. The van der Waals surface area contributed by atoms with Crippen molar-refractivity contribution in [3.63, 3.8) is 0 Å². The minimum absolute atomic E-state index is 0.0734. The number of carbonyl (C=O) groups is 1. The summed E-state index contributed by atoms with van der Waals surface area (Å²) in [6.07, 6.45) is 4.45. The van der Waals surface area contributed by atoms with E-state index >= 15 is 0 Å². The van der Waals surface area contributed by atoms with Crippen molar-refractivity contribution in [2.45, 2.75) is 38.6 Å². The maximum absolute atomic E-state index is 12.1. The van der Waals surface area contributed by atoms with Crippen molar-refractivity contribution in [1.82, 2.24) is 0 Å². The van der Waals surface area contributed by atoms with Gasteiger partial charge in [-0.2, -0.15) is 0 Å². The lowest BCUT2D eigenvalue weighted by Gasteiger charge is -2.21. The van der Waals surface area contributed by atoms with E-state index in [2.05, 4.69) is 0 Å². The zero-order valence-corrected chi connectivity index (χ0v) is 11.4. The van der Waals surface area contributed by atoms with Crippen molar-refractivity contribution < 1.29 is 14.6 Å². The van der Waals surface area contributed by atoms with E-state index in [1.54, 1.807) is 7.11 Å². The van der Waals surface area contributed by atoms with Crippen LogP contribution in [0.4, 0.5) is 0 Å². The van der Waals surface area contributed by atoms with Crippen molar-refractivity contribution >= 4 is 5.78 Å². The van der Waals surface area contributed by atoms with Gasteiger partial charge >= 0.3 is 0 Å². The summed E-state index contributed by atoms with van der Waals surface area (Å²) < 4.78 is 4.92. The number of aromatic hydroxyl groups is 1. The van der Waals surface area contributed by atoms with E-state index in [1.165, 1.54) is 5.56 Å². The van der Waals surface area contributed by atoms with Crippen LogP contribution in [0.5, 0.6) is 5.75 Å². The molecule has 19 heavy (non-hydrogen) atoms. The summed E-state index contributed by atoms with van der Waals surface area (Å²) in [6, 6.07) is 1.85. The second-order valence-corrected chi connectivity index (χ2v) is 4.97. The van der Waals surface area contributed by atoms with Crippen LogP contribution in [-0.2, 0) is 24.1 Å². The van der Waals surface area contributed by atoms with Gasteiger partial charge in [0.15, 0.2) is 5.78 Å². The van der Waals surface area contributed by atoms with Gasteiger partial charge < -0.3 is 15.6 Å². The lowest BCUT2D eigenvalue weighted by atomic mass is 9.85. The molecule has 104 valence electrons. The molecule has 0 aliphatic heterocycles. The molecule has 4 nitrogen and oxygen atoms in total. The average molecular weight is 263 g/mol. The normalized spacial score (nSPS) is 14.2. The van der Waals surface area contributed by atoms with Crippen LogP contribution in [0.25, 0.3) is 0 Å². The molecular formula is C15H21NO3. The SMILES string of the molecule is COCCC(=O)c1cc2c(c(CN)c1O)CCCC2. The minimum Gasteiger partial charge on any atom is -0.507 e. The monoisotopic (exact) mass is 263 g/mol. The summed E-state index contributed by atoms with van der Waals surface area (Å²) in [4.78, 5) is 12.1. The molecule has 0 amide bonds. The third kappa shape index (κ3) is 2.80. The van der Waals surface area contributed by atoms with Gasteiger partial charge in [-0.3, -0.25) is 4.79 Å². The number of methoxy groups -OCH3 is 1. The van der Waals surface area contributed by atoms with Crippen LogP contribution in [0.1, 0.15) is 46.3 Å². The lowest BCUT2D eigenvalue weighted by Crippen LogP contribution is -2.14. The average Bonchev–Trinajstić information content (AvgIpc) is 2.44. The topological polar surface area (TPSA) is 72.5 Å². The number of Topliss-reactive ketones (excluding diaryl/α,β-unsaturated/α-hetero) is 1. The highest BCUT2D eigenvalue weighted by molar-refractivity contribution is 5.99. The Morgan fingerprint density at radius 2 is 2.16 bits per heavy atom. The van der Waals surface area contributed by atoms with Gasteiger partial charge in [-0.15, -0.1) is 0 Å². The second kappa shape index (κ2) is 6.17. The molecule has 0 fully saturated rings. The lowest BCUT2D eigenvalue weighted by molar-refractivity contribution is 0.0929. The van der Waals surface area contributed by atoms with Crippen molar-refractivity contribution in [3.05, 3.63) is 28.3 Å². The molecule has 4 heteroatoms. The fraction of sp³-hybridized carbons (Fsp3) is 0.533. The Morgan fingerprint density at radius 3 is 2.84 bits per heavy atom. The summed E-state index contributed by atoms with van der Waals surface area (Å²) in [5.41, 5.74) is 9.22. The number of benzene rings is 1. The molecule has 1 aromatic carbocycles. The molecule has 2 rings (SSSR count). The number of hydrogen-bond donors (Lipinski definition) is 2. The number of carbonyl (C=O) groups excluding carboxylic acids is 1. The van der Waals surface area contributed by atoms with Gasteiger partial charge in [-0.25, -0.2) is 0 Å². The number of rotatable bonds is 5. The number of aryl methyl sites for hydroxylation is 1. The van der Waals surface area contributed by atoms with Crippen LogP contribution in [0.15, 0.2) is 6.07 Å². The molecule has 0 aromatic heterocycles. The number of ketones is 1. The fourth-order valence-corrected chi connectivity index (χ4v) is 2.74. The van der Waals surface area contributed by atoms with Crippen LogP contribution in [0.2, 0.25) is 0 Å². The van der Waals surface area contributed by atoms with E-state index in [-0.39, 0.29) is 24.5 Å². The molecule has 0 saturated heterocycles. The number of nitrogens with two attached hydrogens (primary N) is 1. The first kappa shape index (κ1) is 14.0. The first-order valence-electron chi connectivity index (χ1n) is 6.77. The Labute approximate surface area is 113 Å². The van der Waals surface area contributed by atoms with Crippen LogP contribution < -0.4 is 5.73 Å². The predicted octanol–water partition coefficient (Wildman–Crippen LogP) is 1.95. The van der Waals surface area contributed by atoms with Crippen LogP contribution in [-0.4, -0.2) is 24.6 Å². The summed E-state index contributed by atoms with van der Waals surface area (Å²) in [5.74, 6) is -0.00771. The Hall–Kier alpha value is -1.39. The van der Waals surface area contributed by atoms with Crippen LogP contribution in [0.3, 0.4) is 0 Å². The highest BCUT2D eigenvalue weighted by Gasteiger charge is 2.22. The molecule has 1 aliphatic carbocycles. The number of phenols is 1. The smallest absolute Gasteiger partial charge is 0.168 e. The molecule has 0 atom stereocenters. The highest BCUT2D eigenvalue weighted by atomic mass is 16.5. The van der Waals surface area contributed by atoms with Gasteiger partial charge in [0, 0.05) is 25.6 Å². The maximum atomic E-state index is 12.1. The molecule has 0 radical (unpaired) electrons. The molecule has 0 bridgehead atoms. The maximum Gasteiger partial charge on any atom is 0.168 e. The standard InChI is InChI=1S/C15H21NO3/c1-19-7-6-14(17)12-8-10-4-2-3-5-11(10)13(9-16)15(12)18/h8,18H,2-7,9,16H2,1H3. The molecule has 1 aliphatic rings. The molecule has 0 unspecified atom stereocenters. The van der Waals surface area contributed by atoms with Crippen molar-refractivity contribution in [2.24, 2.45) is 5.73 Å². The van der Waals surface area contributed by atoms with Gasteiger partial charge in [0.2, 0.25) is 0 Å². The van der Waals surface area contributed by atoms with Gasteiger partial charge in [0.1, 0.15) is 5.75 Å². The largest absolute Gasteiger partial charge is 0.507 e. The fourth-order valence-electron chi connectivity index (χ4n) is 2.74. The summed E-state index contributed by atoms with van der Waals surface area (Å²) >= 11 is 0. The quantitative estimate of drug-likeness (QED) is 0.796. The van der Waals surface area contributed by atoms with Crippen molar-refractivity contribution in [1.29, 1.82) is 0 Å². The third-order valence-corrected chi connectivity index (χ3v) is 3.77. The number of hydrogen-bond acceptors (Lipinski definition) is 4. The van der Waals surface area contributed by atoms with Crippen molar-refractivity contribution in [3.8, 4) is 5.75 Å². The molecule has 0 heterocycles. The molecular weight excluding hydrogens is 242 g/mol. The number of fused-ring (bicyclic) bond motifs is 1. The summed E-state index contributed by atoms with van der Waals surface area (Å²) in [5, 5.41) is 10.3. The molecule has 3 N–H and O–H groups in total. The Morgan fingerprint density at radius 1 is 1.42 bits per heavy atom. The first-order chi connectivity index (χ1) is 9.19. The third-order valence-electron chi connectivity index (χ3n) is 3.77. The second-order valence-electron chi connectivity index (χ2n) is 4.97. The zero-order valence-electron chi connectivity index (χ0n) is 11.4. The van der Waals surface area contributed by atoms with E-state index in [1.807, 2.05) is 6.07 Å². The van der Waals surface area contributed by atoms with Crippen molar-refractivity contribution in [2.75, 3.05) is 13.7 Å². The van der Waals surface area contributed by atoms with E-state index in [0.717, 1.165) is 36.8 Å². The first-order valence-corrected chi connectivity index (χ1v) is 6.77. The van der Waals surface area contributed by atoms with E-state index in [0.29, 0.717) is 12.2 Å². The zero-order chi connectivity index (χ0) is 13.8. The summed E-state index contributed by atoms with van der Waals surface area (Å²) in [7, 11) is 1.56. The predicted molar refractivity (Wildman–Crippen MR) is 73.5 cm³/mol. The number of ether oxygens (including phenoxy) is 1. The van der Waals surface area contributed by atoms with Gasteiger partial charge in [-0.05, 0) is 42.9 Å². The molecule has 0 saturated carbocycles. The van der Waals surface area contributed by atoms with Gasteiger partial charge in [0.25, 0.3) is 0 Å². The van der Waals surface area contributed by atoms with Crippen LogP contribution >= 0.6 is 0 Å². The highest BCUT2D eigenvalue weighted by Crippen LogP contribution is 2.34.